The van der Waals surface area contributed by atoms with Gasteiger partial charge in [-0.05, 0) is 102 Å². The molecule has 4 nitrogen and oxygen atoms in total. The number of hydrogen-bond donors (Lipinski definition) is 0. The summed E-state index contributed by atoms with van der Waals surface area (Å²) in [7, 11) is 0. The second-order valence-electron chi connectivity index (χ2n) is 14.0. The molecule has 4 aromatic carbocycles. The number of hydrogen-bond acceptors (Lipinski definition) is 4. The summed E-state index contributed by atoms with van der Waals surface area (Å²) in [5.74, 6) is 5.35. The number of aromatic nitrogens is 4. The fraction of sp³-hybridized carbons (Fsp3) is 0.238. The van der Waals surface area contributed by atoms with Gasteiger partial charge < -0.3 is 0 Å². The van der Waals surface area contributed by atoms with Crippen molar-refractivity contribution < 1.29 is 0 Å². The molecule has 5 aliphatic rings. The number of pyridine rings is 1. The van der Waals surface area contributed by atoms with Gasteiger partial charge in [0.05, 0.1) is 0 Å². The lowest BCUT2D eigenvalue weighted by Gasteiger charge is -2.61. The van der Waals surface area contributed by atoms with E-state index < -0.39 is 0 Å². The van der Waals surface area contributed by atoms with Crippen LogP contribution in [0.1, 0.15) is 43.2 Å². The molecule has 1 spiro atoms. The molecule has 6 aromatic rings. The lowest BCUT2D eigenvalue weighted by atomic mass is 9.43. The summed E-state index contributed by atoms with van der Waals surface area (Å²) in [6, 6.07) is 38.7. The van der Waals surface area contributed by atoms with Crippen molar-refractivity contribution in [1.29, 1.82) is 0 Å². The van der Waals surface area contributed by atoms with Gasteiger partial charge in [-0.3, -0.25) is 4.98 Å². The van der Waals surface area contributed by atoms with Crippen LogP contribution in [0.15, 0.2) is 122 Å². The molecule has 0 radical (unpaired) electrons. The zero-order valence-corrected chi connectivity index (χ0v) is 25.7. The van der Waals surface area contributed by atoms with Crippen molar-refractivity contribution in [3.8, 4) is 56.4 Å². The Balaban J connectivity index is 1.10. The molecule has 46 heavy (non-hydrogen) atoms. The van der Waals surface area contributed by atoms with Crippen molar-refractivity contribution >= 4 is 0 Å². The lowest BCUT2D eigenvalue weighted by Crippen LogP contribution is -2.55. The first-order valence-corrected chi connectivity index (χ1v) is 16.8. The molecule has 11 rings (SSSR count). The van der Waals surface area contributed by atoms with Crippen molar-refractivity contribution in [1.82, 2.24) is 19.9 Å². The smallest absolute Gasteiger partial charge is 0.164 e. The Bertz CT molecular complexity index is 2030. The van der Waals surface area contributed by atoms with Crippen LogP contribution < -0.4 is 0 Å². The van der Waals surface area contributed by atoms with Crippen molar-refractivity contribution in [3.05, 3.63) is 133 Å². The van der Waals surface area contributed by atoms with E-state index in [-0.39, 0.29) is 5.41 Å². The summed E-state index contributed by atoms with van der Waals surface area (Å²) in [6.45, 7) is 0. The van der Waals surface area contributed by atoms with Crippen LogP contribution in [0.5, 0.6) is 0 Å². The van der Waals surface area contributed by atoms with E-state index in [0.717, 1.165) is 40.4 Å². The molecular formula is C42H34N4. The van der Waals surface area contributed by atoms with E-state index >= 15 is 0 Å². The highest BCUT2D eigenvalue weighted by molar-refractivity contribution is 5.85. The quantitative estimate of drug-likeness (QED) is 0.204. The summed E-state index contributed by atoms with van der Waals surface area (Å²) in [5, 5.41) is 0. The molecule has 0 saturated heterocycles. The van der Waals surface area contributed by atoms with E-state index in [9.17, 15) is 0 Å². The first kappa shape index (κ1) is 26.3. The normalized spacial score (nSPS) is 25.0. The van der Waals surface area contributed by atoms with Gasteiger partial charge in [0.1, 0.15) is 0 Å². The zero-order valence-electron chi connectivity index (χ0n) is 25.7. The monoisotopic (exact) mass is 594 g/mol. The Hall–Kier alpha value is -4.96. The maximum Gasteiger partial charge on any atom is 0.164 e. The Morgan fingerprint density at radius 3 is 1.67 bits per heavy atom. The van der Waals surface area contributed by atoms with Crippen LogP contribution in [0.4, 0.5) is 0 Å². The van der Waals surface area contributed by atoms with E-state index in [2.05, 4.69) is 84.0 Å². The zero-order chi connectivity index (χ0) is 30.2. The molecule has 0 N–H and O–H groups in total. The molecule has 0 amide bonds. The highest BCUT2D eigenvalue weighted by Gasteiger charge is 2.61. The number of benzene rings is 4. The highest BCUT2D eigenvalue weighted by atomic mass is 15.0. The van der Waals surface area contributed by atoms with E-state index in [1.807, 2.05) is 42.6 Å². The van der Waals surface area contributed by atoms with E-state index in [4.69, 9.17) is 15.0 Å². The van der Waals surface area contributed by atoms with E-state index in [1.165, 1.54) is 54.4 Å². The second kappa shape index (κ2) is 10.0. The molecule has 4 heteroatoms. The summed E-state index contributed by atoms with van der Waals surface area (Å²) >= 11 is 0. The third-order valence-corrected chi connectivity index (χ3v) is 11.6. The maximum atomic E-state index is 5.01. The molecule has 0 aliphatic heterocycles. The van der Waals surface area contributed by atoms with Crippen LogP contribution >= 0.6 is 0 Å². The third kappa shape index (κ3) is 3.86. The average molecular weight is 595 g/mol. The first-order valence-electron chi connectivity index (χ1n) is 16.8. The molecule has 2 heterocycles. The van der Waals surface area contributed by atoms with Crippen LogP contribution in [-0.2, 0) is 5.41 Å². The topological polar surface area (TPSA) is 51.6 Å². The van der Waals surface area contributed by atoms with Gasteiger partial charge in [-0.2, -0.15) is 0 Å². The van der Waals surface area contributed by atoms with Crippen LogP contribution in [0.3, 0.4) is 0 Å². The van der Waals surface area contributed by atoms with Gasteiger partial charge in [0.25, 0.3) is 0 Å². The second-order valence-corrected chi connectivity index (χ2v) is 14.0. The predicted molar refractivity (Wildman–Crippen MR) is 183 cm³/mol. The minimum absolute atomic E-state index is 0.123. The molecule has 222 valence electrons. The van der Waals surface area contributed by atoms with Crippen molar-refractivity contribution in [2.75, 3.05) is 0 Å². The number of fused-ring (bicyclic) bond motifs is 3. The Morgan fingerprint density at radius 2 is 1.02 bits per heavy atom. The molecule has 4 fully saturated rings. The standard InChI is InChI=1S/C42H34N4/c1-3-8-28(9-4-1)39-44-40(29-10-5-2-6-11-29)46-41(45-39)32-13-7-12-30(23-32)31-14-15-35-36-25-43-17-16-37(36)42(38(35)24-31)33-19-26-18-27(21-33)22-34(42)20-26/h1-17,23-27,33-34H,18-22H2. The van der Waals surface area contributed by atoms with Crippen LogP contribution in [0.2, 0.25) is 0 Å². The summed E-state index contributed by atoms with van der Waals surface area (Å²) in [5.41, 5.74) is 11.4. The summed E-state index contributed by atoms with van der Waals surface area (Å²) in [6.07, 6.45) is 11.1. The molecule has 0 unspecified atom stereocenters. The van der Waals surface area contributed by atoms with Crippen LogP contribution in [-0.4, -0.2) is 19.9 Å². The van der Waals surface area contributed by atoms with Gasteiger partial charge in [0, 0.05) is 40.1 Å². The largest absolute Gasteiger partial charge is 0.264 e. The molecule has 4 bridgehead atoms. The molecule has 4 saturated carbocycles. The number of nitrogens with zero attached hydrogens (tertiary/aromatic N) is 4. The SMILES string of the molecule is c1ccc(-c2nc(-c3ccccc3)nc(-c3cccc(-c4ccc5c(c4)C4(c6ccncc6-5)C5CC6CC(C5)CC4C6)c3)n2)cc1. The fourth-order valence-corrected chi connectivity index (χ4v) is 10.00. The van der Waals surface area contributed by atoms with Gasteiger partial charge in [-0.1, -0.05) is 91.0 Å². The summed E-state index contributed by atoms with van der Waals surface area (Å²) in [4.78, 5) is 19.5. The molecule has 5 aliphatic carbocycles. The van der Waals surface area contributed by atoms with Gasteiger partial charge in [0.15, 0.2) is 17.5 Å². The van der Waals surface area contributed by atoms with Gasteiger partial charge in [-0.25, -0.2) is 15.0 Å². The van der Waals surface area contributed by atoms with Crippen molar-refractivity contribution in [2.45, 2.75) is 37.5 Å². The van der Waals surface area contributed by atoms with Crippen LogP contribution in [0, 0.1) is 23.7 Å². The van der Waals surface area contributed by atoms with E-state index in [1.54, 1.807) is 11.1 Å². The summed E-state index contributed by atoms with van der Waals surface area (Å²) < 4.78 is 0. The van der Waals surface area contributed by atoms with E-state index in [0.29, 0.717) is 17.5 Å². The Morgan fingerprint density at radius 1 is 0.457 bits per heavy atom. The molecule has 0 atom stereocenters. The van der Waals surface area contributed by atoms with Crippen LogP contribution in [0.25, 0.3) is 56.4 Å². The van der Waals surface area contributed by atoms with Crippen molar-refractivity contribution in [3.63, 3.8) is 0 Å². The molecule has 2 aromatic heterocycles. The van der Waals surface area contributed by atoms with Gasteiger partial charge >= 0.3 is 0 Å². The highest BCUT2D eigenvalue weighted by Crippen LogP contribution is 2.69. The average Bonchev–Trinajstić information content (AvgIpc) is 3.41. The first-order chi connectivity index (χ1) is 22.7. The minimum Gasteiger partial charge on any atom is -0.264 e. The van der Waals surface area contributed by atoms with Gasteiger partial charge in [0.2, 0.25) is 0 Å². The predicted octanol–water partition coefficient (Wildman–Crippen LogP) is 9.66. The Labute approximate surface area is 269 Å². The third-order valence-electron chi connectivity index (χ3n) is 11.6. The Kier molecular flexibility index (Phi) is 5.72. The number of rotatable bonds is 4. The van der Waals surface area contributed by atoms with Crippen molar-refractivity contribution in [2.24, 2.45) is 23.7 Å². The lowest BCUT2D eigenvalue weighted by molar-refractivity contribution is -0.0399. The maximum absolute atomic E-state index is 5.01. The van der Waals surface area contributed by atoms with Gasteiger partial charge in [-0.15, -0.1) is 0 Å². The molecular weight excluding hydrogens is 560 g/mol. The minimum atomic E-state index is 0.123. The fourth-order valence-electron chi connectivity index (χ4n) is 10.00.